The van der Waals surface area contributed by atoms with Crippen molar-refractivity contribution in [2.24, 2.45) is 0 Å². The largest absolute Gasteiger partial charge is 0.489 e. The molecule has 0 saturated carbocycles. The quantitative estimate of drug-likeness (QED) is 0.855. The van der Waals surface area contributed by atoms with Gasteiger partial charge >= 0.3 is 0 Å². The van der Waals surface area contributed by atoms with E-state index in [0.29, 0.717) is 17.4 Å². The summed E-state index contributed by atoms with van der Waals surface area (Å²) in [6.45, 7) is 0. The molecular weight excluding hydrogens is 250 g/mol. The molecule has 0 radical (unpaired) electrons. The van der Waals surface area contributed by atoms with E-state index in [-0.39, 0.29) is 5.82 Å². The fourth-order valence-corrected chi connectivity index (χ4v) is 1.97. The first-order valence-electron chi connectivity index (χ1n) is 5.21. The zero-order valence-corrected chi connectivity index (χ0v) is 10.9. The maximum Gasteiger partial charge on any atom is 0.268 e. The summed E-state index contributed by atoms with van der Waals surface area (Å²) in [6, 6.07) is 7.68. The van der Waals surface area contributed by atoms with E-state index in [1.807, 2.05) is 30.5 Å². The lowest BCUT2D eigenvalue weighted by Crippen LogP contribution is -2.00. The highest BCUT2D eigenvalue weighted by Crippen LogP contribution is 2.36. The van der Waals surface area contributed by atoms with Gasteiger partial charge in [0.1, 0.15) is 12.1 Å². The van der Waals surface area contributed by atoms with Crippen LogP contribution < -0.4 is 15.2 Å². The van der Waals surface area contributed by atoms with Crippen molar-refractivity contribution in [2.45, 2.75) is 4.90 Å². The molecule has 94 valence electrons. The molecule has 0 aliphatic rings. The van der Waals surface area contributed by atoms with Crippen LogP contribution in [0.2, 0.25) is 0 Å². The summed E-state index contributed by atoms with van der Waals surface area (Å²) in [6.07, 6.45) is 3.32. The highest BCUT2D eigenvalue weighted by molar-refractivity contribution is 7.98. The van der Waals surface area contributed by atoms with Crippen molar-refractivity contribution >= 4 is 17.6 Å². The minimum Gasteiger partial charge on any atom is -0.489 e. The van der Waals surface area contributed by atoms with Crippen LogP contribution in [0.4, 0.5) is 5.82 Å². The normalized spacial score (nSPS) is 10.1. The van der Waals surface area contributed by atoms with Crippen molar-refractivity contribution in [3.63, 3.8) is 0 Å². The molecule has 0 saturated heterocycles. The van der Waals surface area contributed by atoms with Gasteiger partial charge in [-0.25, -0.2) is 4.98 Å². The first-order chi connectivity index (χ1) is 8.76. The van der Waals surface area contributed by atoms with Crippen LogP contribution in [0, 0.1) is 0 Å². The first kappa shape index (κ1) is 12.5. The topological polar surface area (TPSA) is 70.3 Å². The Morgan fingerprint density at radius 2 is 2.00 bits per heavy atom. The van der Waals surface area contributed by atoms with Gasteiger partial charge < -0.3 is 15.2 Å². The van der Waals surface area contributed by atoms with E-state index in [0.717, 1.165) is 4.90 Å². The van der Waals surface area contributed by atoms with Gasteiger partial charge in [0, 0.05) is 4.90 Å². The Bertz CT molecular complexity index is 549. The molecule has 2 N–H and O–H groups in total. The van der Waals surface area contributed by atoms with E-state index in [4.69, 9.17) is 15.2 Å². The Morgan fingerprint density at radius 3 is 2.72 bits per heavy atom. The van der Waals surface area contributed by atoms with Crippen LogP contribution in [-0.2, 0) is 0 Å². The van der Waals surface area contributed by atoms with Gasteiger partial charge in [0.2, 0.25) is 5.75 Å². The molecule has 0 aliphatic carbocycles. The van der Waals surface area contributed by atoms with Crippen LogP contribution in [0.5, 0.6) is 17.4 Å². The highest BCUT2D eigenvalue weighted by atomic mass is 32.2. The minimum absolute atomic E-state index is 0.254. The Labute approximate surface area is 109 Å². The maximum atomic E-state index is 5.73. The third kappa shape index (κ3) is 2.48. The molecule has 0 fully saturated rings. The smallest absolute Gasteiger partial charge is 0.268 e. The number of thioether (sulfide) groups is 1. The number of benzene rings is 1. The lowest BCUT2D eigenvalue weighted by atomic mass is 10.3. The number of methoxy groups -OCH3 is 1. The molecule has 1 heterocycles. The Balaban J connectivity index is 2.37. The SMILES string of the molecule is COc1c(N)ncnc1Oc1ccccc1SC. The summed E-state index contributed by atoms with van der Waals surface area (Å²) in [4.78, 5) is 8.90. The summed E-state index contributed by atoms with van der Waals surface area (Å²) in [5.41, 5.74) is 5.69. The number of nitrogens with zero attached hydrogens (tertiary/aromatic N) is 2. The average Bonchev–Trinajstić information content (AvgIpc) is 2.40. The second-order valence-corrected chi connectivity index (χ2v) is 4.20. The second kappa shape index (κ2) is 5.59. The molecule has 0 bridgehead atoms. The number of nitrogen functional groups attached to an aromatic ring is 1. The van der Waals surface area contributed by atoms with Crippen molar-refractivity contribution in [3.05, 3.63) is 30.6 Å². The predicted molar refractivity (Wildman–Crippen MR) is 71.3 cm³/mol. The summed E-state index contributed by atoms with van der Waals surface area (Å²) < 4.78 is 10.9. The highest BCUT2D eigenvalue weighted by Gasteiger charge is 2.13. The molecule has 2 rings (SSSR count). The van der Waals surface area contributed by atoms with Gasteiger partial charge in [-0.15, -0.1) is 11.8 Å². The fourth-order valence-electron chi connectivity index (χ4n) is 1.44. The third-order valence-corrected chi connectivity index (χ3v) is 3.06. The standard InChI is InChI=1S/C12H13N3O2S/c1-16-10-11(13)14-7-15-12(10)17-8-5-3-4-6-9(8)18-2/h3-7H,1-2H3,(H2,13,14,15). The number of hydrogen-bond acceptors (Lipinski definition) is 6. The van der Waals surface area contributed by atoms with Crippen LogP contribution in [0.3, 0.4) is 0 Å². The van der Waals surface area contributed by atoms with Gasteiger partial charge in [-0.05, 0) is 18.4 Å². The van der Waals surface area contributed by atoms with Crippen LogP contribution in [0.15, 0.2) is 35.5 Å². The van der Waals surface area contributed by atoms with Gasteiger partial charge in [-0.2, -0.15) is 4.98 Å². The zero-order chi connectivity index (χ0) is 13.0. The molecule has 5 nitrogen and oxygen atoms in total. The Hall–Kier alpha value is -1.95. The first-order valence-corrected chi connectivity index (χ1v) is 6.44. The Morgan fingerprint density at radius 1 is 1.22 bits per heavy atom. The third-order valence-electron chi connectivity index (χ3n) is 2.28. The molecule has 1 aromatic heterocycles. The average molecular weight is 263 g/mol. The monoisotopic (exact) mass is 263 g/mol. The number of anilines is 1. The molecular formula is C12H13N3O2S. The predicted octanol–water partition coefficient (Wildman–Crippen LogP) is 2.58. The van der Waals surface area contributed by atoms with Crippen LogP contribution in [0.25, 0.3) is 0 Å². The number of hydrogen-bond donors (Lipinski definition) is 1. The van der Waals surface area contributed by atoms with Crippen molar-refractivity contribution in [1.82, 2.24) is 9.97 Å². The molecule has 0 amide bonds. The van der Waals surface area contributed by atoms with Gasteiger partial charge in [0.25, 0.3) is 5.88 Å². The zero-order valence-electron chi connectivity index (χ0n) is 10.1. The van der Waals surface area contributed by atoms with E-state index in [9.17, 15) is 0 Å². The number of aromatic nitrogens is 2. The van der Waals surface area contributed by atoms with Gasteiger partial charge in [0.05, 0.1) is 7.11 Å². The molecule has 0 atom stereocenters. The number of para-hydroxylation sites is 1. The fraction of sp³-hybridized carbons (Fsp3) is 0.167. The van der Waals surface area contributed by atoms with Crippen LogP contribution in [0.1, 0.15) is 0 Å². The molecule has 0 spiro atoms. The summed E-state index contributed by atoms with van der Waals surface area (Å²) in [5, 5.41) is 0. The number of nitrogens with two attached hydrogens (primary N) is 1. The van der Waals surface area contributed by atoms with Crippen molar-refractivity contribution < 1.29 is 9.47 Å². The Kier molecular flexibility index (Phi) is 3.88. The molecule has 2 aromatic rings. The van der Waals surface area contributed by atoms with E-state index in [2.05, 4.69) is 9.97 Å². The second-order valence-electron chi connectivity index (χ2n) is 3.35. The van der Waals surface area contributed by atoms with Gasteiger partial charge in [-0.1, -0.05) is 12.1 Å². The van der Waals surface area contributed by atoms with Crippen molar-refractivity contribution in [2.75, 3.05) is 19.1 Å². The molecule has 6 heteroatoms. The lowest BCUT2D eigenvalue weighted by Gasteiger charge is -2.11. The molecule has 0 aliphatic heterocycles. The lowest BCUT2D eigenvalue weighted by molar-refractivity contribution is 0.366. The van der Waals surface area contributed by atoms with Gasteiger partial charge in [-0.3, -0.25) is 0 Å². The van der Waals surface area contributed by atoms with Gasteiger partial charge in [0.15, 0.2) is 5.82 Å². The van der Waals surface area contributed by atoms with E-state index < -0.39 is 0 Å². The van der Waals surface area contributed by atoms with E-state index in [1.54, 1.807) is 11.8 Å². The minimum atomic E-state index is 0.254. The summed E-state index contributed by atoms with van der Waals surface area (Å²) in [7, 11) is 1.50. The summed E-state index contributed by atoms with van der Waals surface area (Å²) >= 11 is 1.59. The summed E-state index contributed by atoms with van der Waals surface area (Å²) in [5.74, 6) is 1.62. The van der Waals surface area contributed by atoms with Crippen molar-refractivity contribution in [1.29, 1.82) is 0 Å². The molecule has 1 aromatic carbocycles. The maximum absolute atomic E-state index is 5.73. The van der Waals surface area contributed by atoms with E-state index in [1.165, 1.54) is 13.4 Å². The molecule has 0 unspecified atom stereocenters. The number of ether oxygens (including phenoxy) is 2. The molecule has 18 heavy (non-hydrogen) atoms. The van der Waals surface area contributed by atoms with Crippen molar-refractivity contribution in [3.8, 4) is 17.4 Å². The van der Waals surface area contributed by atoms with E-state index >= 15 is 0 Å². The van der Waals surface area contributed by atoms with Crippen LogP contribution >= 0.6 is 11.8 Å². The number of rotatable bonds is 4. The van der Waals surface area contributed by atoms with Crippen LogP contribution in [-0.4, -0.2) is 23.3 Å².